The van der Waals surface area contributed by atoms with E-state index in [0.29, 0.717) is 4.90 Å². The molecule has 0 amide bonds. The van der Waals surface area contributed by atoms with E-state index in [2.05, 4.69) is 15.9 Å². The summed E-state index contributed by atoms with van der Waals surface area (Å²) in [6.45, 7) is 3.77. The largest absolute Gasteiger partial charge is 0.302 e. The van der Waals surface area contributed by atoms with E-state index in [1.54, 1.807) is 6.07 Å². The molecule has 1 aromatic carbocycles. The molecule has 0 aliphatic carbocycles. The first-order valence-electron chi connectivity index (χ1n) is 3.40. The number of hydrogen-bond donors (Lipinski definition) is 1. The third-order valence-electron chi connectivity index (χ3n) is 1.64. The van der Waals surface area contributed by atoms with Gasteiger partial charge in [-0.15, -0.1) is 0 Å². The van der Waals surface area contributed by atoms with Gasteiger partial charge in [0, 0.05) is 4.47 Å². The molecular formula is C8H9BrO2S. The van der Waals surface area contributed by atoms with E-state index in [1.165, 1.54) is 0 Å². The highest BCUT2D eigenvalue weighted by molar-refractivity contribution is 9.10. The van der Waals surface area contributed by atoms with Crippen LogP contribution in [-0.4, -0.2) is 8.76 Å². The second-order valence-corrected chi connectivity index (χ2v) is 4.41. The van der Waals surface area contributed by atoms with E-state index in [-0.39, 0.29) is 0 Å². The lowest BCUT2D eigenvalue weighted by Gasteiger charge is -2.04. The Bertz CT molecular complexity index is 336. The van der Waals surface area contributed by atoms with Gasteiger partial charge in [0.05, 0.1) is 4.90 Å². The summed E-state index contributed by atoms with van der Waals surface area (Å²) in [5.74, 6) is 0. The van der Waals surface area contributed by atoms with Crippen LogP contribution < -0.4 is 0 Å². The normalized spacial score (nSPS) is 13.0. The highest BCUT2D eigenvalue weighted by Crippen LogP contribution is 2.22. The minimum Gasteiger partial charge on any atom is -0.302 e. The van der Waals surface area contributed by atoms with Gasteiger partial charge in [0.15, 0.2) is 11.1 Å². The zero-order valence-corrected chi connectivity index (χ0v) is 9.20. The predicted molar refractivity (Wildman–Crippen MR) is 52.7 cm³/mol. The number of rotatable bonds is 1. The van der Waals surface area contributed by atoms with Crippen LogP contribution in [0.4, 0.5) is 0 Å². The van der Waals surface area contributed by atoms with Crippen molar-refractivity contribution in [2.24, 2.45) is 0 Å². The monoisotopic (exact) mass is 248 g/mol. The van der Waals surface area contributed by atoms with Crippen molar-refractivity contribution < 1.29 is 8.76 Å². The van der Waals surface area contributed by atoms with Crippen LogP contribution in [0.2, 0.25) is 0 Å². The molecule has 1 N–H and O–H groups in total. The zero-order valence-electron chi connectivity index (χ0n) is 6.80. The number of aryl methyl sites for hydroxylation is 2. The molecule has 12 heavy (non-hydrogen) atoms. The fourth-order valence-electron chi connectivity index (χ4n) is 0.996. The molecule has 66 valence electrons. The molecule has 0 aliphatic heterocycles. The summed E-state index contributed by atoms with van der Waals surface area (Å²) in [6.07, 6.45) is 0. The van der Waals surface area contributed by atoms with E-state index in [1.807, 2.05) is 19.9 Å². The van der Waals surface area contributed by atoms with Crippen molar-refractivity contribution in [1.29, 1.82) is 0 Å². The fraction of sp³-hybridized carbons (Fsp3) is 0.250. The summed E-state index contributed by atoms with van der Waals surface area (Å²) in [7, 11) is 0. The number of hydrogen-bond acceptors (Lipinski definition) is 1. The molecule has 1 unspecified atom stereocenters. The van der Waals surface area contributed by atoms with Crippen molar-refractivity contribution >= 4 is 27.0 Å². The molecule has 0 radical (unpaired) electrons. The minimum absolute atomic E-state index is 0.465. The van der Waals surface area contributed by atoms with Crippen LogP contribution in [0.15, 0.2) is 21.5 Å². The molecule has 1 atom stereocenters. The van der Waals surface area contributed by atoms with Crippen LogP contribution in [0.1, 0.15) is 11.1 Å². The third-order valence-corrected chi connectivity index (χ3v) is 3.31. The Labute approximate surface area is 82.4 Å². The van der Waals surface area contributed by atoms with Crippen LogP contribution in [0.5, 0.6) is 0 Å². The molecule has 0 fully saturated rings. The lowest BCUT2D eigenvalue weighted by Crippen LogP contribution is -1.93. The van der Waals surface area contributed by atoms with Gasteiger partial charge in [-0.2, -0.15) is 0 Å². The molecule has 0 heterocycles. The summed E-state index contributed by atoms with van der Waals surface area (Å²) < 4.78 is 20.5. The van der Waals surface area contributed by atoms with E-state index in [0.717, 1.165) is 15.6 Å². The molecule has 0 saturated heterocycles. The smallest absolute Gasteiger partial charge is 0.186 e. The quantitative estimate of drug-likeness (QED) is 0.777. The standard InChI is InChI=1S/C8H9BrO2S/c1-5-3-6(2)8(12(10)11)4-7(5)9/h3-4H,1-2H3,(H,10,11). The average molecular weight is 249 g/mol. The van der Waals surface area contributed by atoms with Crippen LogP contribution in [0.25, 0.3) is 0 Å². The first-order chi connectivity index (χ1) is 5.52. The molecule has 4 heteroatoms. The van der Waals surface area contributed by atoms with Gasteiger partial charge in [0.25, 0.3) is 0 Å². The highest BCUT2D eigenvalue weighted by Gasteiger charge is 2.06. The molecule has 0 spiro atoms. The molecule has 1 rings (SSSR count). The lowest BCUT2D eigenvalue weighted by molar-refractivity contribution is 0.563. The van der Waals surface area contributed by atoms with Crippen molar-refractivity contribution in [2.75, 3.05) is 0 Å². The molecule has 2 nitrogen and oxygen atoms in total. The Balaban J connectivity index is 3.33. The third kappa shape index (κ3) is 1.94. The molecule has 1 aromatic rings. The van der Waals surface area contributed by atoms with Crippen LogP contribution >= 0.6 is 15.9 Å². The Morgan fingerprint density at radius 1 is 1.33 bits per heavy atom. The number of benzene rings is 1. The van der Waals surface area contributed by atoms with Gasteiger partial charge in [0.1, 0.15) is 0 Å². The molecule has 0 aliphatic rings. The van der Waals surface area contributed by atoms with Crippen LogP contribution in [0, 0.1) is 13.8 Å². The van der Waals surface area contributed by atoms with E-state index in [4.69, 9.17) is 4.55 Å². The van der Waals surface area contributed by atoms with Crippen molar-refractivity contribution in [1.82, 2.24) is 0 Å². The summed E-state index contributed by atoms with van der Waals surface area (Å²) in [6, 6.07) is 3.56. The number of halogens is 1. The Morgan fingerprint density at radius 2 is 1.92 bits per heavy atom. The lowest BCUT2D eigenvalue weighted by atomic mass is 10.2. The van der Waals surface area contributed by atoms with Crippen molar-refractivity contribution in [2.45, 2.75) is 18.7 Å². The summed E-state index contributed by atoms with van der Waals surface area (Å²) in [4.78, 5) is 0.465. The molecule has 0 aromatic heterocycles. The van der Waals surface area contributed by atoms with Gasteiger partial charge >= 0.3 is 0 Å². The van der Waals surface area contributed by atoms with E-state index in [9.17, 15) is 4.21 Å². The van der Waals surface area contributed by atoms with Gasteiger partial charge in [-0.3, -0.25) is 0 Å². The molecule has 0 bridgehead atoms. The average Bonchev–Trinajstić information content (AvgIpc) is 1.96. The summed E-state index contributed by atoms with van der Waals surface area (Å²) >= 11 is 1.41. The van der Waals surface area contributed by atoms with Crippen LogP contribution in [-0.2, 0) is 11.1 Å². The first-order valence-corrected chi connectivity index (χ1v) is 5.30. The second-order valence-electron chi connectivity index (χ2n) is 2.62. The van der Waals surface area contributed by atoms with Crippen molar-refractivity contribution in [3.63, 3.8) is 0 Å². The topological polar surface area (TPSA) is 37.3 Å². The molecular weight excluding hydrogens is 240 g/mol. The maximum atomic E-state index is 10.8. The summed E-state index contributed by atoms with van der Waals surface area (Å²) in [5, 5.41) is 0. The van der Waals surface area contributed by atoms with Gasteiger partial charge in [-0.1, -0.05) is 22.0 Å². The van der Waals surface area contributed by atoms with E-state index >= 15 is 0 Å². The fourth-order valence-corrected chi connectivity index (χ4v) is 2.04. The Morgan fingerprint density at radius 3 is 2.42 bits per heavy atom. The van der Waals surface area contributed by atoms with Crippen molar-refractivity contribution in [3.05, 3.63) is 27.7 Å². The van der Waals surface area contributed by atoms with Crippen LogP contribution in [0.3, 0.4) is 0 Å². The van der Waals surface area contributed by atoms with Crippen molar-refractivity contribution in [3.8, 4) is 0 Å². The van der Waals surface area contributed by atoms with Gasteiger partial charge in [0.2, 0.25) is 0 Å². The predicted octanol–water partition coefficient (Wildman–Crippen LogP) is 2.65. The zero-order chi connectivity index (χ0) is 9.30. The first kappa shape index (κ1) is 9.89. The van der Waals surface area contributed by atoms with Gasteiger partial charge in [-0.05, 0) is 31.0 Å². The SMILES string of the molecule is Cc1cc(C)c(S(=O)O)cc1Br. The molecule has 0 saturated carbocycles. The Kier molecular flexibility index (Phi) is 3.04. The highest BCUT2D eigenvalue weighted by atomic mass is 79.9. The van der Waals surface area contributed by atoms with Gasteiger partial charge in [-0.25, -0.2) is 4.21 Å². The van der Waals surface area contributed by atoms with E-state index < -0.39 is 11.1 Å². The Hall–Kier alpha value is -0.190. The maximum Gasteiger partial charge on any atom is 0.186 e. The minimum atomic E-state index is -1.89. The van der Waals surface area contributed by atoms with Gasteiger partial charge < -0.3 is 4.55 Å². The summed E-state index contributed by atoms with van der Waals surface area (Å²) in [5.41, 5.74) is 1.92. The maximum absolute atomic E-state index is 10.8. The second kappa shape index (κ2) is 3.68.